The molecule has 2 aromatic rings. The van der Waals surface area contributed by atoms with Crippen LogP contribution in [0.3, 0.4) is 0 Å². The number of ether oxygens (including phenoxy) is 1. The van der Waals surface area contributed by atoms with Gasteiger partial charge in [-0.15, -0.1) is 0 Å². The summed E-state index contributed by atoms with van der Waals surface area (Å²) in [5.41, 5.74) is 2.73. The van der Waals surface area contributed by atoms with Crippen molar-refractivity contribution in [2.75, 3.05) is 12.4 Å². The number of benzene rings is 2. The fourth-order valence-corrected chi connectivity index (χ4v) is 1.75. The lowest BCUT2D eigenvalue weighted by Gasteiger charge is -2.12. The van der Waals surface area contributed by atoms with E-state index in [1.54, 1.807) is 6.07 Å². The van der Waals surface area contributed by atoms with E-state index in [9.17, 15) is 10.1 Å². The van der Waals surface area contributed by atoms with Crippen molar-refractivity contribution in [1.82, 2.24) is 0 Å². The van der Waals surface area contributed by atoms with Gasteiger partial charge in [0.25, 0.3) is 5.69 Å². The topological polar surface area (TPSA) is 64.4 Å². The van der Waals surface area contributed by atoms with Crippen molar-refractivity contribution in [2.24, 2.45) is 0 Å². The molecule has 98 valence electrons. The highest BCUT2D eigenvalue weighted by Gasteiger charge is 2.11. The van der Waals surface area contributed by atoms with Crippen molar-refractivity contribution in [1.29, 1.82) is 0 Å². The van der Waals surface area contributed by atoms with Crippen molar-refractivity contribution in [2.45, 2.75) is 6.92 Å². The third-order valence-electron chi connectivity index (χ3n) is 2.81. The first-order valence-electron chi connectivity index (χ1n) is 5.77. The number of anilines is 2. The van der Waals surface area contributed by atoms with Crippen molar-refractivity contribution < 1.29 is 9.66 Å². The SMILES string of the molecule is COc1cc([N+](=O)[O-])ccc1Nc1ccccc1C. The zero-order valence-electron chi connectivity index (χ0n) is 10.7. The molecule has 0 saturated heterocycles. The van der Waals surface area contributed by atoms with E-state index in [1.807, 2.05) is 31.2 Å². The quantitative estimate of drug-likeness (QED) is 0.671. The first-order valence-corrected chi connectivity index (χ1v) is 5.77. The van der Waals surface area contributed by atoms with Crippen LogP contribution in [0, 0.1) is 17.0 Å². The van der Waals surface area contributed by atoms with Gasteiger partial charge in [-0.1, -0.05) is 18.2 Å². The third kappa shape index (κ3) is 2.82. The fourth-order valence-electron chi connectivity index (χ4n) is 1.75. The molecule has 5 heteroatoms. The van der Waals surface area contributed by atoms with Gasteiger partial charge in [-0.3, -0.25) is 10.1 Å². The minimum atomic E-state index is -0.444. The average Bonchev–Trinajstić information content (AvgIpc) is 2.41. The third-order valence-corrected chi connectivity index (χ3v) is 2.81. The highest BCUT2D eigenvalue weighted by molar-refractivity contribution is 5.70. The molecule has 0 aliphatic carbocycles. The summed E-state index contributed by atoms with van der Waals surface area (Å²) in [4.78, 5) is 10.3. The maximum absolute atomic E-state index is 10.7. The van der Waals surface area contributed by atoms with Gasteiger partial charge in [-0.05, 0) is 24.6 Å². The van der Waals surface area contributed by atoms with Crippen LogP contribution < -0.4 is 10.1 Å². The zero-order valence-corrected chi connectivity index (χ0v) is 10.7. The van der Waals surface area contributed by atoms with Gasteiger partial charge >= 0.3 is 0 Å². The molecule has 0 radical (unpaired) electrons. The largest absolute Gasteiger partial charge is 0.494 e. The van der Waals surface area contributed by atoms with Crippen LogP contribution in [0.2, 0.25) is 0 Å². The number of rotatable bonds is 4. The Bertz CT molecular complexity index is 611. The Morgan fingerprint density at radius 3 is 2.53 bits per heavy atom. The molecule has 0 spiro atoms. The second kappa shape index (κ2) is 5.39. The highest BCUT2D eigenvalue weighted by Crippen LogP contribution is 2.32. The molecule has 0 heterocycles. The van der Waals surface area contributed by atoms with Crippen LogP contribution in [0.4, 0.5) is 17.1 Å². The summed E-state index contributed by atoms with van der Waals surface area (Å²) in [5.74, 6) is 0.442. The van der Waals surface area contributed by atoms with Crippen LogP contribution in [-0.4, -0.2) is 12.0 Å². The Hall–Kier alpha value is -2.56. The maximum atomic E-state index is 10.7. The van der Waals surface area contributed by atoms with Crippen LogP contribution in [0.15, 0.2) is 42.5 Å². The maximum Gasteiger partial charge on any atom is 0.273 e. The van der Waals surface area contributed by atoms with E-state index in [1.165, 1.54) is 19.2 Å². The van der Waals surface area contributed by atoms with Gasteiger partial charge in [0.05, 0.1) is 23.8 Å². The lowest BCUT2D eigenvalue weighted by atomic mass is 10.2. The molecule has 0 saturated carbocycles. The summed E-state index contributed by atoms with van der Waals surface area (Å²) in [5, 5.41) is 13.9. The second-order valence-corrected chi connectivity index (χ2v) is 4.08. The minimum Gasteiger partial charge on any atom is -0.494 e. The molecule has 0 bridgehead atoms. The molecule has 2 aromatic carbocycles. The first kappa shape index (κ1) is 12.9. The Balaban J connectivity index is 2.35. The van der Waals surface area contributed by atoms with Gasteiger partial charge in [0, 0.05) is 11.8 Å². The normalized spacial score (nSPS) is 10.0. The first-order chi connectivity index (χ1) is 9.11. The summed E-state index contributed by atoms with van der Waals surface area (Å²) < 4.78 is 5.18. The van der Waals surface area contributed by atoms with E-state index >= 15 is 0 Å². The minimum absolute atomic E-state index is 0.00665. The van der Waals surface area contributed by atoms with Crippen molar-refractivity contribution in [3.05, 3.63) is 58.1 Å². The number of nitrogens with zero attached hydrogens (tertiary/aromatic N) is 1. The van der Waals surface area contributed by atoms with Gasteiger partial charge in [-0.2, -0.15) is 0 Å². The molecule has 0 aliphatic rings. The molecular formula is C14H14N2O3. The summed E-state index contributed by atoms with van der Waals surface area (Å²) in [6, 6.07) is 12.3. The Morgan fingerprint density at radius 1 is 1.16 bits per heavy atom. The summed E-state index contributed by atoms with van der Waals surface area (Å²) in [6.45, 7) is 1.99. The molecule has 1 N–H and O–H groups in total. The van der Waals surface area contributed by atoms with E-state index in [4.69, 9.17) is 4.74 Å². The molecule has 0 amide bonds. The van der Waals surface area contributed by atoms with E-state index in [0.717, 1.165) is 11.3 Å². The van der Waals surface area contributed by atoms with E-state index in [0.29, 0.717) is 11.4 Å². The van der Waals surface area contributed by atoms with Gasteiger partial charge in [0.15, 0.2) is 0 Å². The number of hydrogen-bond acceptors (Lipinski definition) is 4. The van der Waals surface area contributed by atoms with Crippen LogP contribution in [-0.2, 0) is 0 Å². The molecule has 0 aliphatic heterocycles. The number of nitrogens with one attached hydrogen (secondary N) is 1. The van der Waals surface area contributed by atoms with Crippen LogP contribution in [0.1, 0.15) is 5.56 Å². The smallest absolute Gasteiger partial charge is 0.273 e. The molecule has 0 atom stereocenters. The average molecular weight is 258 g/mol. The number of para-hydroxylation sites is 1. The molecule has 2 rings (SSSR count). The van der Waals surface area contributed by atoms with E-state index in [-0.39, 0.29) is 5.69 Å². The Labute approximate surface area is 111 Å². The predicted molar refractivity (Wildman–Crippen MR) is 74.1 cm³/mol. The zero-order chi connectivity index (χ0) is 13.8. The summed E-state index contributed by atoms with van der Waals surface area (Å²) in [7, 11) is 1.49. The molecule has 5 nitrogen and oxygen atoms in total. The molecule has 19 heavy (non-hydrogen) atoms. The van der Waals surface area contributed by atoms with Gasteiger partial charge < -0.3 is 10.1 Å². The molecular weight excluding hydrogens is 244 g/mol. The molecule has 0 aromatic heterocycles. The number of nitro benzene ring substituents is 1. The van der Waals surface area contributed by atoms with Gasteiger partial charge in [0.1, 0.15) is 5.75 Å². The standard InChI is InChI=1S/C14H14N2O3/c1-10-5-3-4-6-12(10)15-13-8-7-11(16(17)18)9-14(13)19-2/h3-9,15H,1-2H3. The van der Waals surface area contributed by atoms with Crippen molar-refractivity contribution >= 4 is 17.1 Å². The predicted octanol–water partition coefficient (Wildman–Crippen LogP) is 3.66. The van der Waals surface area contributed by atoms with Crippen LogP contribution in [0.25, 0.3) is 0 Å². The number of non-ortho nitro benzene ring substituents is 1. The van der Waals surface area contributed by atoms with E-state index in [2.05, 4.69) is 5.32 Å². The molecule has 0 fully saturated rings. The number of nitro groups is 1. The lowest BCUT2D eigenvalue weighted by molar-refractivity contribution is -0.384. The van der Waals surface area contributed by atoms with E-state index < -0.39 is 4.92 Å². The van der Waals surface area contributed by atoms with Gasteiger partial charge in [0.2, 0.25) is 0 Å². The summed E-state index contributed by atoms with van der Waals surface area (Å²) in [6.07, 6.45) is 0. The fraction of sp³-hybridized carbons (Fsp3) is 0.143. The van der Waals surface area contributed by atoms with Crippen molar-refractivity contribution in [3.63, 3.8) is 0 Å². The molecule has 0 unspecified atom stereocenters. The monoisotopic (exact) mass is 258 g/mol. The highest BCUT2D eigenvalue weighted by atomic mass is 16.6. The van der Waals surface area contributed by atoms with Crippen LogP contribution >= 0.6 is 0 Å². The number of aryl methyl sites for hydroxylation is 1. The second-order valence-electron chi connectivity index (χ2n) is 4.08. The number of hydrogen-bond donors (Lipinski definition) is 1. The van der Waals surface area contributed by atoms with Crippen molar-refractivity contribution in [3.8, 4) is 5.75 Å². The lowest BCUT2D eigenvalue weighted by Crippen LogP contribution is -1.97. The summed E-state index contributed by atoms with van der Waals surface area (Å²) >= 11 is 0. The Morgan fingerprint density at radius 2 is 1.89 bits per heavy atom. The Kier molecular flexibility index (Phi) is 3.66. The van der Waals surface area contributed by atoms with Gasteiger partial charge in [-0.25, -0.2) is 0 Å². The number of methoxy groups -OCH3 is 1. The van der Waals surface area contributed by atoms with Crippen LogP contribution in [0.5, 0.6) is 5.75 Å².